The molecule has 3 rings (SSSR count). The summed E-state index contributed by atoms with van der Waals surface area (Å²) in [7, 11) is 0. The summed E-state index contributed by atoms with van der Waals surface area (Å²) in [6.07, 6.45) is 19.2. The van der Waals surface area contributed by atoms with Gasteiger partial charge in [0.15, 0.2) is 0 Å². The second-order valence-electron chi connectivity index (χ2n) is 14.4. The lowest BCUT2D eigenvalue weighted by atomic mass is 9.75. The molecule has 1 aliphatic carbocycles. The van der Waals surface area contributed by atoms with Gasteiger partial charge in [0.1, 0.15) is 18.2 Å². The van der Waals surface area contributed by atoms with Gasteiger partial charge in [0.25, 0.3) is 0 Å². The van der Waals surface area contributed by atoms with Crippen LogP contribution in [-0.2, 0) is 19.1 Å². The number of ketones is 2. The highest BCUT2D eigenvalue weighted by molar-refractivity contribution is 5.88. The molecule has 2 aromatic rings. The lowest BCUT2D eigenvalue weighted by Gasteiger charge is -2.28. The van der Waals surface area contributed by atoms with Crippen molar-refractivity contribution in [3.8, 4) is 11.1 Å². The van der Waals surface area contributed by atoms with Crippen molar-refractivity contribution in [2.75, 3.05) is 6.61 Å². The van der Waals surface area contributed by atoms with Crippen LogP contribution in [0.4, 0.5) is 0 Å². The topological polar surface area (TPSA) is 60.4 Å². The Morgan fingerprint density at radius 2 is 1.17 bits per heavy atom. The first-order chi connectivity index (χ1) is 22.6. The Kier molecular flexibility index (Phi) is 15.9. The van der Waals surface area contributed by atoms with Crippen LogP contribution in [0, 0.1) is 10.8 Å². The molecule has 1 aliphatic rings. The number of fused-ring (bicyclic) bond motifs is 3. The second kappa shape index (κ2) is 19.5. The van der Waals surface area contributed by atoms with Crippen LogP contribution in [-0.4, -0.2) is 24.1 Å². The van der Waals surface area contributed by atoms with Crippen LogP contribution in [0.3, 0.4) is 0 Å². The Labute approximate surface area is 285 Å². The molecule has 256 valence electrons. The van der Waals surface area contributed by atoms with Crippen molar-refractivity contribution in [2.24, 2.45) is 10.8 Å². The van der Waals surface area contributed by atoms with Gasteiger partial charge >= 0.3 is 5.97 Å². The van der Waals surface area contributed by atoms with Crippen LogP contribution >= 0.6 is 0 Å². The SMILES string of the molecule is C=CCCCCCC[C@@](C)(CC(=O)OCC1c2ccccc2-c2ccccc21)C(=O)CCCCCCC[C@@](C)(CCCC=C)C(C)=O. The van der Waals surface area contributed by atoms with E-state index in [9.17, 15) is 14.4 Å². The van der Waals surface area contributed by atoms with E-state index in [1.54, 1.807) is 6.92 Å². The highest BCUT2D eigenvalue weighted by atomic mass is 16.5. The Balaban J connectivity index is 1.51. The van der Waals surface area contributed by atoms with E-state index >= 15 is 0 Å². The first kappa shape index (κ1) is 38.2. The number of rotatable bonds is 25. The molecule has 0 amide bonds. The van der Waals surface area contributed by atoms with Gasteiger partial charge in [0.2, 0.25) is 0 Å². The third-order valence-corrected chi connectivity index (χ3v) is 10.6. The molecule has 4 nitrogen and oxygen atoms in total. The lowest BCUT2D eigenvalue weighted by Crippen LogP contribution is -2.32. The minimum absolute atomic E-state index is 0.0126. The Bertz CT molecular complexity index is 1280. The predicted octanol–water partition coefficient (Wildman–Crippen LogP) is 11.5. The smallest absolute Gasteiger partial charge is 0.306 e. The average molecular weight is 641 g/mol. The van der Waals surface area contributed by atoms with E-state index in [0.717, 1.165) is 89.9 Å². The summed E-state index contributed by atoms with van der Waals surface area (Å²) >= 11 is 0. The maximum atomic E-state index is 13.7. The molecule has 2 aromatic carbocycles. The van der Waals surface area contributed by atoms with Crippen LogP contribution < -0.4 is 0 Å². The zero-order chi connectivity index (χ0) is 34.1. The molecule has 2 atom stereocenters. The third-order valence-electron chi connectivity index (χ3n) is 10.6. The van der Waals surface area contributed by atoms with Crippen LogP contribution in [0.2, 0.25) is 0 Å². The molecule has 0 aliphatic heterocycles. The van der Waals surface area contributed by atoms with E-state index < -0.39 is 5.41 Å². The molecule has 4 heteroatoms. The van der Waals surface area contributed by atoms with E-state index in [1.807, 2.05) is 31.2 Å². The maximum absolute atomic E-state index is 13.7. The number of hydrogen-bond acceptors (Lipinski definition) is 4. The van der Waals surface area contributed by atoms with Gasteiger partial charge in [0.05, 0.1) is 6.42 Å². The lowest BCUT2D eigenvalue weighted by molar-refractivity contribution is -0.150. The Morgan fingerprint density at radius 3 is 1.77 bits per heavy atom. The van der Waals surface area contributed by atoms with Gasteiger partial charge in [-0.05, 0) is 80.5 Å². The molecule has 0 N–H and O–H groups in total. The molecule has 0 spiro atoms. The zero-order valence-electron chi connectivity index (χ0n) is 29.6. The minimum atomic E-state index is -0.713. The number of ether oxygens (including phenoxy) is 1. The standard InChI is InChI=1S/C43H60O4/c1-6-8-10-11-14-23-31-43(5,40(45)28-16-13-12-15-22-30-42(4,34(3)44)29-21-9-7-2)32-41(46)47-33-39-37-26-19-17-24-35(37)36-25-18-20-27-38(36)39/h6-7,17-20,24-27,39H,1-2,8-16,21-23,28-33H2,3-5H3/t42-,43+/m1/s1. The molecule has 47 heavy (non-hydrogen) atoms. The summed E-state index contributed by atoms with van der Waals surface area (Å²) in [4.78, 5) is 39.4. The van der Waals surface area contributed by atoms with Crippen LogP contribution in [0.15, 0.2) is 73.8 Å². The van der Waals surface area contributed by atoms with Gasteiger partial charge in [-0.1, -0.05) is 119 Å². The quantitative estimate of drug-likeness (QED) is 0.0615. The minimum Gasteiger partial charge on any atom is -0.465 e. The summed E-state index contributed by atoms with van der Waals surface area (Å²) in [6.45, 7) is 13.7. The van der Waals surface area contributed by atoms with E-state index in [1.165, 1.54) is 22.3 Å². The van der Waals surface area contributed by atoms with Gasteiger partial charge in [0, 0.05) is 23.2 Å². The molecule has 0 saturated carbocycles. The summed E-state index contributed by atoms with van der Waals surface area (Å²) in [5, 5.41) is 0. The molecule has 0 fully saturated rings. The van der Waals surface area contributed by atoms with Crippen LogP contribution in [0.25, 0.3) is 11.1 Å². The largest absolute Gasteiger partial charge is 0.465 e. The van der Waals surface area contributed by atoms with E-state index in [-0.39, 0.29) is 41.9 Å². The fourth-order valence-corrected chi connectivity index (χ4v) is 7.22. The second-order valence-corrected chi connectivity index (χ2v) is 14.4. The number of allylic oxidation sites excluding steroid dienone is 2. The van der Waals surface area contributed by atoms with Crippen molar-refractivity contribution >= 4 is 17.5 Å². The predicted molar refractivity (Wildman–Crippen MR) is 195 cm³/mol. The van der Waals surface area contributed by atoms with Crippen molar-refractivity contribution in [3.63, 3.8) is 0 Å². The Hall–Kier alpha value is -3.27. The van der Waals surface area contributed by atoms with Crippen molar-refractivity contribution in [3.05, 3.63) is 85.0 Å². The molecule has 0 saturated heterocycles. The molecule has 0 heterocycles. The number of Topliss-reactive ketones (excluding diaryl/α,β-unsaturated/α-hetero) is 2. The van der Waals surface area contributed by atoms with Gasteiger partial charge in [-0.2, -0.15) is 0 Å². The monoisotopic (exact) mass is 640 g/mol. The number of esters is 1. The zero-order valence-corrected chi connectivity index (χ0v) is 29.6. The number of unbranched alkanes of at least 4 members (excludes halogenated alkanes) is 9. The highest BCUT2D eigenvalue weighted by Crippen LogP contribution is 2.44. The molecule has 0 radical (unpaired) electrons. The summed E-state index contributed by atoms with van der Waals surface area (Å²) in [6, 6.07) is 16.7. The molecule has 0 aromatic heterocycles. The number of benzene rings is 2. The summed E-state index contributed by atoms with van der Waals surface area (Å²) in [5.74, 6) is 0.196. The number of carbonyl (C=O) groups is 3. The number of carbonyl (C=O) groups excluding carboxylic acids is 3. The molecule has 0 bridgehead atoms. The average Bonchev–Trinajstić information content (AvgIpc) is 3.38. The van der Waals surface area contributed by atoms with Gasteiger partial charge in [-0.15, -0.1) is 13.2 Å². The molecular weight excluding hydrogens is 580 g/mol. The van der Waals surface area contributed by atoms with Crippen molar-refractivity contribution < 1.29 is 19.1 Å². The molecule has 0 unspecified atom stereocenters. The van der Waals surface area contributed by atoms with Crippen molar-refractivity contribution in [1.82, 2.24) is 0 Å². The normalized spacial score (nSPS) is 14.8. The van der Waals surface area contributed by atoms with E-state index in [0.29, 0.717) is 12.8 Å². The van der Waals surface area contributed by atoms with Crippen LogP contribution in [0.1, 0.15) is 147 Å². The number of hydrogen-bond donors (Lipinski definition) is 0. The third kappa shape index (κ3) is 11.4. The van der Waals surface area contributed by atoms with Crippen molar-refractivity contribution in [2.45, 2.75) is 136 Å². The molecular formula is C43H60O4. The van der Waals surface area contributed by atoms with Crippen molar-refractivity contribution in [1.29, 1.82) is 0 Å². The summed E-state index contributed by atoms with van der Waals surface area (Å²) in [5.41, 5.74) is 3.84. The first-order valence-corrected chi connectivity index (χ1v) is 18.2. The Morgan fingerprint density at radius 1 is 0.681 bits per heavy atom. The van der Waals surface area contributed by atoms with E-state index in [2.05, 4.69) is 56.5 Å². The fraction of sp³-hybridized carbons (Fsp3) is 0.558. The maximum Gasteiger partial charge on any atom is 0.306 e. The van der Waals surface area contributed by atoms with Gasteiger partial charge < -0.3 is 4.74 Å². The summed E-state index contributed by atoms with van der Waals surface area (Å²) < 4.78 is 5.96. The van der Waals surface area contributed by atoms with Gasteiger partial charge in [-0.25, -0.2) is 0 Å². The highest BCUT2D eigenvalue weighted by Gasteiger charge is 2.36. The first-order valence-electron chi connectivity index (χ1n) is 18.2. The van der Waals surface area contributed by atoms with Gasteiger partial charge in [-0.3, -0.25) is 14.4 Å². The van der Waals surface area contributed by atoms with Crippen LogP contribution in [0.5, 0.6) is 0 Å². The van der Waals surface area contributed by atoms with E-state index in [4.69, 9.17) is 4.74 Å². The fourth-order valence-electron chi connectivity index (χ4n) is 7.22.